The number of nitrogens with zero attached hydrogens (tertiary/aromatic N) is 1. The molecule has 2 atom stereocenters. The van der Waals surface area contributed by atoms with Gasteiger partial charge < -0.3 is 20.1 Å². The van der Waals surface area contributed by atoms with Gasteiger partial charge in [-0.05, 0) is 30.5 Å². The summed E-state index contributed by atoms with van der Waals surface area (Å²) in [6, 6.07) is 8.06. The Morgan fingerprint density at radius 2 is 2.05 bits per heavy atom. The van der Waals surface area contributed by atoms with Crippen LogP contribution < -0.4 is 10.5 Å². The minimum atomic E-state index is -0.191. The van der Waals surface area contributed by atoms with E-state index in [-0.39, 0.29) is 17.9 Å². The van der Waals surface area contributed by atoms with E-state index in [4.69, 9.17) is 15.2 Å². The number of hydrogen-bond donors (Lipinski definition) is 1. The van der Waals surface area contributed by atoms with Gasteiger partial charge in [0.2, 0.25) is 5.91 Å². The van der Waals surface area contributed by atoms with Gasteiger partial charge >= 0.3 is 0 Å². The largest absolute Gasteiger partial charge is 0.497 e. The molecule has 2 fully saturated rings. The molecule has 0 spiro atoms. The Balaban J connectivity index is 1.70. The molecule has 1 aromatic rings. The fraction of sp³-hybridized carbons (Fsp3) is 0.562. The zero-order valence-corrected chi connectivity index (χ0v) is 12.3. The third-order valence-corrected chi connectivity index (χ3v) is 4.22. The lowest BCUT2D eigenvalue weighted by molar-refractivity contribution is -0.137. The number of methoxy groups -OCH3 is 1. The maximum atomic E-state index is 12.7. The Hall–Kier alpha value is -1.59. The summed E-state index contributed by atoms with van der Waals surface area (Å²) in [7, 11) is 1.65. The quantitative estimate of drug-likeness (QED) is 0.884. The number of carbonyl (C=O) groups is 1. The molecule has 1 heterocycles. The number of amides is 1. The molecule has 1 aromatic carbocycles. The minimum Gasteiger partial charge on any atom is -0.497 e. The molecular formula is C16H22N2O3. The minimum absolute atomic E-state index is 0.137. The molecule has 5 heteroatoms. The number of carbonyl (C=O) groups excluding carboxylic acids is 1. The van der Waals surface area contributed by atoms with Crippen LogP contribution in [0, 0.1) is 5.92 Å². The van der Waals surface area contributed by atoms with Crippen molar-refractivity contribution in [2.45, 2.75) is 31.5 Å². The van der Waals surface area contributed by atoms with Gasteiger partial charge in [0.1, 0.15) is 5.75 Å². The molecule has 0 radical (unpaired) electrons. The Kier molecular flexibility index (Phi) is 4.12. The molecule has 2 aliphatic rings. The zero-order chi connectivity index (χ0) is 14.8. The lowest BCUT2D eigenvalue weighted by Crippen LogP contribution is -2.44. The van der Waals surface area contributed by atoms with Crippen molar-refractivity contribution in [3.05, 3.63) is 29.8 Å². The van der Waals surface area contributed by atoms with Gasteiger partial charge in [0.05, 0.1) is 26.2 Å². The second-order valence-corrected chi connectivity index (χ2v) is 5.85. The Labute approximate surface area is 125 Å². The monoisotopic (exact) mass is 290 g/mol. The van der Waals surface area contributed by atoms with Crippen LogP contribution in [-0.2, 0) is 16.1 Å². The first kappa shape index (κ1) is 14.4. The number of rotatable bonds is 5. The molecule has 1 aliphatic heterocycles. The Bertz CT molecular complexity index is 499. The molecule has 3 rings (SSSR count). The predicted octanol–water partition coefficient (Wildman–Crippen LogP) is 1.16. The van der Waals surface area contributed by atoms with E-state index in [0.29, 0.717) is 25.8 Å². The molecule has 1 amide bonds. The predicted molar refractivity (Wildman–Crippen MR) is 78.9 cm³/mol. The first-order valence-electron chi connectivity index (χ1n) is 7.46. The van der Waals surface area contributed by atoms with Gasteiger partial charge in [-0.1, -0.05) is 12.1 Å². The third kappa shape index (κ3) is 3.19. The second kappa shape index (κ2) is 6.03. The van der Waals surface area contributed by atoms with Crippen LogP contribution in [0.3, 0.4) is 0 Å². The van der Waals surface area contributed by atoms with Crippen LogP contribution in [0.2, 0.25) is 0 Å². The molecular weight excluding hydrogens is 268 g/mol. The summed E-state index contributed by atoms with van der Waals surface area (Å²) >= 11 is 0. The summed E-state index contributed by atoms with van der Waals surface area (Å²) in [5.41, 5.74) is 7.09. The summed E-state index contributed by atoms with van der Waals surface area (Å²) < 4.78 is 10.5. The molecule has 21 heavy (non-hydrogen) atoms. The number of hydrogen-bond acceptors (Lipinski definition) is 4. The molecule has 0 bridgehead atoms. The topological polar surface area (TPSA) is 64.8 Å². The SMILES string of the molecule is COc1ccc(CN(C(=O)C2COCC2N)C2CC2)cc1. The number of ether oxygens (including phenoxy) is 2. The molecule has 2 N–H and O–H groups in total. The van der Waals surface area contributed by atoms with Crippen molar-refractivity contribution in [2.24, 2.45) is 11.7 Å². The van der Waals surface area contributed by atoms with Gasteiger partial charge in [-0.25, -0.2) is 0 Å². The van der Waals surface area contributed by atoms with Gasteiger partial charge in [-0.15, -0.1) is 0 Å². The van der Waals surface area contributed by atoms with Gasteiger partial charge in [-0.3, -0.25) is 4.79 Å². The van der Waals surface area contributed by atoms with Crippen LogP contribution in [0.25, 0.3) is 0 Å². The van der Waals surface area contributed by atoms with Crippen LogP contribution in [0.15, 0.2) is 24.3 Å². The lowest BCUT2D eigenvalue weighted by atomic mass is 10.0. The summed E-state index contributed by atoms with van der Waals surface area (Å²) in [5.74, 6) is 0.774. The van der Waals surface area contributed by atoms with E-state index in [1.807, 2.05) is 29.2 Å². The number of benzene rings is 1. The van der Waals surface area contributed by atoms with Crippen molar-refractivity contribution in [1.82, 2.24) is 4.90 Å². The van der Waals surface area contributed by atoms with E-state index in [2.05, 4.69) is 0 Å². The highest BCUT2D eigenvalue weighted by Crippen LogP contribution is 2.31. The molecule has 0 aromatic heterocycles. The van der Waals surface area contributed by atoms with Gasteiger partial charge in [0.25, 0.3) is 0 Å². The highest BCUT2D eigenvalue weighted by molar-refractivity contribution is 5.80. The first-order chi connectivity index (χ1) is 10.2. The van der Waals surface area contributed by atoms with Crippen LogP contribution >= 0.6 is 0 Å². The summed E-state index contributed by atoms with van der Waals surface area (Å²) in [4.78, 5) is 14.7. The maximum absolute atomic E-state index is 12.7. The zero-order valence-electron chi connectivity index (χ0n) is 12.3. The van der Waals surface area contributed by atoms with E-state index in [1.165, 1.54) is 0 Å². The van der Waals surface area contributed by atoms with Gasteiger partial charge in [0, 0.05) is 18.6 Å². The molecule has 114 valence electrons. The van der Waals surface area contributed by atoms with E-state index in [0.717, 1.165) is 24.2 Å². The highest BCUT2D eigenvalue weighted by atomic mass is 16.5. The Morgan fingerprint density at radius 3 is 2.57 bits per heavy atom. The summed E-state index contributed by atoms with van der Waals surface area (Å²) in [6.07, 6.45) is 2.18. The van der Waals surface area contributed by atoms with Crippen molar-refractivity contribution < 1.29 is 14.3 Å². The normalized spacial score (nSPS) is 24.9. The van der Waals surface area contributed by atoms with Crippen molar-refractivity contribution in [2.75, 3.05) is 20.3 Å². The van der Waals surface area contributed by atoms with E-state index >= 15 is 0 Å². The smallest absolute Gasteiger partial charge is 0.230 e. The van der Waals surface area contributed by atoms with Crippen molar-refractivity contribution in [3.63, 3.8) is 0 Å². The van der Waals surface area contributed by atoms with E-state index in [1.54, 1.807) is 7.11 Å². The van der Waals surface area contributed by atoms with E-state index in [9.17, 15) is 4.79 Å². The van der Waals surface area contributed by atoms with Crippen LogP contribution in [-0.4, -0.2) is 43.2 Å². The van der Waals surface area contributed by atoms with Crippen molar-refractivity contribution in [1.29, 1.82) is 0 Å². The lowest BCUT2D eigenvalue weighted by Gasteiger charge is -2.26. The number of nitrogens with two attached hydrogens (primary N) is 1. The van der Waals surface area contributed by atoms with Gasteiger partial charge in [0.15, 0.2) is 0 Å². The fourth-order valence-electron chi connectivity index (χ4n) is 2.74. The van der Waals surface area contributed by atoms with Crippen molar-refractivity contribution in [3.8, 4) is 5.75 Å². The van der Waals surface area contributed by atoms with E-state index < -0.39 is 0 Å². The fourth-order valence-corrected chi connectivity index (χ4v) is 2.74. The standard InChI is InChI=1S/C16H22N2O3/c1-20-13-6-2-11(3-7-13)8-18(12-4-5-12)16(19)14-9-21-10-15(14)17/h2-3,6-7,12,14-15H,4-5,8-10,17H2,1H3. The van der Waals surface area contributed by atoms with Gasteiger partial charge in [-0.2, -0.15) is 0 Å². The summed E-state index contributed by atoms with van der Waals surface area (Å²) in [5, 5.41) is 0. The molecule has 5 nitrogen and oxygen atoms in total. The van der Waals surface area contributed by atoms with Crippen LogP contribution in [0.5, 0.6) is 5.75 Å². The first-order valence-corrected chi connectivity index (χ1v) is 7.46. The van der Waals surface area contributed by atoms with Crippen molar-refractivity contribution >= 4 is 5.91 Å². The molecule has 1 saturated carbocycles. The molecule has 2 unspecified atom stereocenters. The molecule has 1 aliphatic carbocycles. The third-order valence-electron chi connectivity index (χ3n) is 4.22. The average molecular weight is 290 g/mol. The maximum Gasteiger partial charge on any atom is 0.230 e. The van der Waals surface area contributed by atoms with Crippen LogP contribution in [0.4, 0.5) is 0 Å². The average Bonchev–Trinajstić information content (AvgIpc) is 3.26. The Morgan fingerprint density at radius 1 is 1.33 bits per heavy atom. The molecule has 1 saturated heterocycles. The summed E-state index contributed by atoms with van der Waals surface area (Å²) in [6.45, 7) is 1.57. The highest BCUT2D eigenvalue weighted by Gasteiger charge is 2.40. The second-order valence-electron chi connectivity index (χ2n) is 5.85. The van der Waals surface area contributed by atoms with Crippen LogP contribution in [0.1, 0.15) is 18.4 Å².